The molecule has 9 rings (SSSR count). The summed E-state index contributed by atoms with van der Waals surface area (Å²) in [5.41, 5.74) is 7.01. The van der Waals surface area contributed by atoms with Crippen molar-refractivity contribution in [3.05, 3.63) is 90.2 Å². The molecule has 3 aliphatic heterocycles. The number of methoxy groups -OCH3 is 2. The van der Waals surface area contributed by atoms with Crippen LogP contribution >= 0.6 is 0 Å². The van der Waals surface area contributed by atoms with Gasteiger partial charge in [0.2, 0.25) is 11.8 Å². The zero-order valence-electron chi connectivity index (χ0n) is 36.7. The van der Waals surface area contributed by atoms with Gasteiger partial charge in [0.25, 0.3) is 0 Å². The molecule has 0 spiro atoms. The molecule has 2 saturated heterocycles. The van der Waals surface area contributed by atoms with Crippen LogP contribution in [0.3, 0.4) is 0 Å². The summed E-state index contributed by atoms with van der Waals surface area (Å²) < 4.78 is 22.4. The molecule has 334 valence electrons. The van der Waals surface area contributed by atoms with Gasteiger partial charge in [-0.1, -0.05) is 39.8 Å². The molecule has 4 amide bonds. The van der Waals surface area contributed by atoms with Crippen LogP contribution in [0.25, 0.3) is 44.7 Å². The Bertz CT molecular complexity index is 2700. The van der Waals surface area contributed by atoms with Crippen LogP contribution in [-0.4, -0.2) is 98.1 Å². The maximum atomic E-state index is 13.8. The Morgan fingerprint density at radius 2 is 1.31 bits per heavy atom. The number of nitrogens with one attached hydrogen (secondary N) is 5. The fraction of sp³-hybridized carbons (Fsp3) is 0.404. The zero-order chi connectivity index (χ0) is 44.8. The quantitative estimate of drug-likeness (QED) is 0.0853. The number of furan rings is 1. The number of amides is 4. The van der Waals surface area contributed by atoms with Gasteiger partial charge in [0.1, 0.15) is 35.2 Å². The lowest BCUT2D eigenvalue weighted by atomic mass is 9.94. The van der Waals surface area contributed by atoms with Gasteiger partial charge in [-0.05, 0) is 73.9 Å². The summed E-state index contributed by atoms with van der Waals surface area (Å²) >= 11 is 0. The van der Waals surface area contributed by atoms with Gasteiger partial charge < -0.3 is 54.0 Å². The highest BCUT2D eigenvalue weighted by molar-refractivity contribution is 5.96. The van der Waals surface area contributed by atoms with Crippen molar-refractivity contribution >= 4 is 34.9 Å². The van der Waals surface area contributed by atoms with E-state index in [4.69, 9.17) is 28.6 Å². The number of ether oxygens (including phenoxy) is 3. The number of likely N-dealkylation sites (tertiary alicyclic amines) is 2. The fourth-order valence-corrected chi connectivity index (χ4v) is 9.38. The summed E-state index contributed by atoms with van der Waals surface area (Å²) in [6, 6.07) is 14.0. The van der Waals surface area contributed by atoms with Gasteiger partial charge in [-0.25, -0.2) is 19.6 Å². The summed E-state index contributed by atoms with van der Waals surface area (Å²) in [6.07, 6.45) is 6.48. The number of rotatable bonds is 11. The second-order valence-corrected chi connectivity index (χ2v) is 17.4. The van der Waals surface area contributed by atoms with E-state index in [1.807, 2.05) is 70.2 Å². The van der Waals surface area contributed by atoms with E-state index in [1.54, 1.807) is 28.5 Å². The van der Waals surface area contributed by atoms with Gasteiger partial charge in [0, 0.05) is 46.2 Å². The van der Waals surface area contributed by atoms with E-state index in [0.717, 1.165) is 75.9 Å². The molecule has 17 nitrogen and oxygen atoms in total. The van der Waals surface area contributed by atoms with Crippen LogP contribution in [0.15, 0.2) is 71.6 Å². The predicted molar refractivity (Wildman–Crippen MR) is 236 cm³/mol. The third-order valence-corrected chi connectivity index (χ3v) is 12.7. The van der Waals surface area contributed by atoms with Crippen LogP contribution in [-0.2, 0) is 19.1 Å². The third-order valence-electron chi connectivity index (χ3n) is 12.7. The molecule has 1 unspecified atom stereocenters. The molecule has 17 heteroatoms. The Labute approximate surface area is 369 Å². The summed E-state index contributed by atoms with van der Waals surface area (Å²) in [4.78, 5) is 75.5. The molecule has 0 aliphatic carbocycles. The van der Waals surface area contributed by atoms with Crippen LogP contribution in [0.1, 0.15) is 94.5 Å². The van der Waals surface area contributed by atoms with E-state index < -0.39 is 30.4 Å². The maximum Gasteiger partial charge on any atom is 0.407 e. The lowest BCUT2D eigenvalue weighted by Crippen LogP contribution is -2.51. The van der Waals surface area contributed by atoms with Gasteiger partial charge in [-0.3, -0.25) is 9.59 Å². The van der Waals surface area contributed by atoms with Crippen molar-refractivity contribution in [2.24, 2.45) is 11.8 Å². The number of aromatic nitrogens is 5. The van der Waals surface area contributed by atoms with Crippen molar-refractivity contribution < 1.29 is 37.8 Å². The molecule has 6 aromatic rings. The average molecular weight is 872 g/mol. The van der Waals surface area contributed by atoms with E-state index in [0.29, 0.717) is 36.2 Å². The summed E-state index contributed by atoms with van der Waals surface area (Å²) in [6.45, 7) is 8.70. The normalized spacial score (nSPS) is 19.0. The van der Waals surface area contributed by atoms with Crippen molar-refractivity contribution in [2.45, 2.75) is 83.6 Å². The fourth-order valence-electron chi connectivity index (χ4n) is 9.38. The smallest absolute Gasteiger partial charge is 0.407 e. The molecule has 3 aliphatic rings. The monoisotopic (exact) mass is 871 g/mol. The van der Waals surface area contributed by atoms with Crippen molar-refractivity contribution in [3.63, 3.8) is 0 Å². The van der Waals surface area contributed by atoms with Crippen LogP contribution in [0, 0.1) is 11.8 Å². The molecular weight excluding hydrogens is 819 g/mol. The highest BCUT2D eigenvalue weighted by atomic mass is 16.5. The van der Waals surface area contributed by atoms with Crippen molar-refractivity contribution in [3.8, 4) is 39.5 Å². The minimum atomic E-state index is -0.726. The molecule has 64 heavy (non-hydrogen) atoms. The number of hydrogen-bond acceptors (Lipinski definition) is 10. The van der Waals surface area contributed by atoms with Crippen LogP contribution in [0.4, 0.5) is 9.59 Å². The standard InChI is InChI=1S/C47H53N9O8/c1-24(2)38(53-46(59)61-5)44(57)55-17-7-10-33(55)42-48-22-31(51-42)26-14-16-30-29(20-26)37-40(50-30)28-15-13-27(21-36(28)64-41(37)35-12-9-19-63-35)32-23-49-43(52-32)34-11-8-18-56(34)45(58)39(25(3)4)54-47(60)62-6/h9,12-16,19-25,33-34,38-39,41,50H,7-8,10-11,17-18H2,1-6H3,(H,48,51)(H,49,52)(H,53,59)(H,54,60)/t33-,34-,38-,39-,41?/m0/s1. The Hall–Kier alpha value is -7.04. The number of carbonyl (C=O) groups excluding carboxylic acids is 4. The van der Waals surface area contributed by atoms with Gasteiger partial charge in [-0.2, -0.15) is 0 Å². The first-order valence-electron chi connectivity index (χ1n) is 21.8. The van der Waals surface area contributed by atoms with E-state index in [9.17, 15) is 19.2 Å². The largest absolute Gasteiger partial charge is 0.477 e. The van der Waals surface area contributed by atoms with E-state index >= 15 is 0 Å². The van der Waals surface area contributed by atoms with Gasteiger partial charge in [0.05, 0.1) is 62.0 Å². The zero-order valence-corrected chi connectivity index (χ0v) is 36.7. The predicted octanol–water partition coefficient (Wildman–Crippen LogP) is 7.78. The topological polar surface area (TPSA) is 213 Å². The number of carbonyl (C=O) groups is 4. The number of imidazole rings is 2. The van der Waals surface area contributed by atoms with Crippen LogP contribution in [0.5, 0.6) is 5.75 Å². The van der Waals surface area contributed by atoms with Gasteiger partial charge >= 0.3 is 12.2 Å². The summed E-state index contributed by atoms with van der Waals surface area (Å²) in [5.74, 6) is 2.07. The van der Waals surface area contributed by atoms with Gasteiger partial charge in [0.15, 0.2) is 6.10 Å². The number of aromatic amines is 3. The number of fused-ring (bicyclic) bond motifs is 5. The van der Waals surface area contributed by atoms with Gasteiger partial charge in [-0.15, -0.1) is 0 Å². The SMILES string of the molecule is COC(=O)N[C@H](C(=O)N1CCC[C@H]1c1ncc(-c2ccc3c(c2)OC(c2ccco2)c2c-3[nH]c3ccc(-c4cnc([C@@H]5CCCN5C(=O)[C@@H](NC(=O)OC)C(C)C)[nH]4)cc23)[nH]1)C(C)C. The molecule has 0 saturated carbocycles. The lowest BCUT2D eigenvalue weighted by molar-refractivity contribution is -0.136. The minimum Gasteiger partial charge on any atom is -0.477 e. The van der Waals surface area contributed by atoms with Crippen LogP contribution < -0.4 is 15.4 Å². The minimum absolute atomic E-state index is 0.136. The van der Waals surface area contributed by atoms with E-state index in [-0.39, 0.29) is 35.7 Å². The highest BCUT2D eigenvalue weighted by Crippen LogP contribution is 2.49. The summed E-state index contributed by atoms with van der Waals surface area (Å²) in [7, 11) is 2.57. The first kappa shape index (κ1) is 42.3. The molecule has 4 aromatic heterocycles. The molecule has 5 atom stereocenters. The maximum absolute atomic E-state index is 13.8. The molecule has 2 aromatic carbocycles. The molecule has 0 radical (unpaired) electrons. The Morgan fingerprint density at radius 3 is 1.84 bits per heavy atom. The van der Waals surface area contributed by atoms with E-state index in [1.165, 1.54) is 14.2 Å². The molecular formula is C47H53N9O8. The number of H-pyrrole nitrogens is 3. The number of nitrogens with zero attached hydrogens (tertiary/aromatic N) is 4. The number of benzene rings is 2. The second-order valence-electron chi connectivity index (χ2n) is 17.4. The first-order valence-corrected chi connectivity index (χ1v) is 21.8. The Balaban J connectivity index is 0.997. The highest BCUT2D eigenvalue weighted by Gasteiger charge is 2.40. The Morgan fingerprint density at radius 1 is 0.750 bits per heavy atom. The molecule has 7 heterocycles. The second kappa shape index (κ2) is 17.3. The lowest BCUT2D eigenvalue weighted by Gasteiger charge is -2.30. The van der Waals surface area contributed by atoms with E-state index in [2.05, 4.69) is 31.7 Å². The van der Waals surface area contributed by atoms with Crippen molar-refractivity contribution in [2.75, 3.05) is 27.3 Å². The third kappa shape index (κ3) is 7.72. The number of alkyl carbamates (subject to hydrolysis) is 2. The average Bonchev–Trinajstić information content (AvgIpc) is 4.15. The Kier molecular flexibility index (Phi) is 11.4. The summed E-state index contributed by atoms with van der Waals surface area (Å²) in [5, 5.41) is 6.38. The number of hydrogen-bond donors (Lipinski definition) is 5. The molecule has 5 N–H and O–H groups in total. The van der Waals surface area contributed by atoms with Crippen molar-refractivity contribution in [1.82, 2.24) is 45.4 Å². The first-order chi connectivity index (χ1) is 30.9. The molecule has 2 fully saturated rings. The van der Waals surface area contributed by atoms with Crippen molar-refractivity contribution in [1.29, 1.82) is 0 Å². The molecule has 0 bridgehead atoms. The van der Waals surface area contributed by atoms with Crippen LogP contribution in [0.2, 0.25) is 0 Å².